The summed E-state index contributed by atoms with van der Waals surface area (Å²) in [4.78, 5) is 34.5. The van der Waals surface area contributed by atoms with Crippen molar-refractivity contribution < 1.29 is 19.2 Å². The number of para-hydroxylation sites is 1. The summed E-state index contributed by atoms with van der Waals surface area (Å²) in [5.74, 6) is -0.702. The molecule has 3 aromatic rings. The molecule has 2 fully saturated rings. The first-order chi connectivity index (χ1) is 15.5. The van der Waals surface area contributed by atoms with Crippen LogP contribution in [-0.2, 0) is 14.4 Å². The first-order valence-electron chi connectivity index (χ1n) is 10.6. The predicted molar refractivity (Wildman–Crippen MR) is 121 cm³/mol. The minimum atomic E-state index is -0.889. The molecule has 2 aliphatic heterocycles. The van der Waals surface area contributed by atoms with E-state index in [0.29, 0.717) is 11.4 Å². The molecule has 0 spiro atoms. The largest absolute Gasteiger partial charge is 0.497 e. The molecule has 6 heteroatoms. The topological polar surface area (TPSA) is 59.1 Å². The van der Waals surface area contributed by atoms with Crippen LogP contribution in [-0.4, -0.2) is 25.0 Å². The Bertz CT molecular complexity index is 1190. The Hall–Kier alpha value is -3.64. The van der Waals surface area contributed by atoms with Gasteiger partial charge in [-0.05, 0) is 49.2 Å². The molecule has 3 atom stereocenters. The number of carbonyl (C=O) groups is 2. The fourth-order valence-electron chi connectivity index (χ4n) is 4.69. The van der Waals surface area contributed by atoms with Crippen LogP contribution < -0.4 is 14.7 Å². The minimum Gasteiger partial charge on any atom is -0.497 e. The van der Waals surface area contributed by atoms with Crippen molar-refractivity contribution in [2.45, 2.75) is 26.0 Å². The molecule has 2 heterocycles. The molecular weight excluding hydrogens is 404 g/mol. The van der Waals surface area contributed by atoms with Crippen LogP contribution in [0.15, 0.2) is 72.8 Å². The highest BCUT2D eigenvalue weighted by atomic mass is 16.7. The van der Waals surface area contributed by atoms with E-state index < -0.39 is 18.1 Å². The summed E-state index contributed by atoms with van der Waals surface area (Å²) in [6.45, 7) is 4.06. The van der Waals surface area contributed by atoms with Gasteiger partial charge in [0.1, 0.15) is 11.7 Å². The lowest BCUT2D eigenvalue weighted by molar-refractivity contribution is -0.126. The summed E-state index contributed by atoms with van der Waals surface area (Å²) in [6.07, 6.45) is -0.889. The summed E-state index contributed by atoms with van der Waals surface area (Å²) < 4.78 is 5.28. The van der Waals surface area contributed by atoms with Gasteiger partial charge in [0.15, 0.2) is 6.10 Å². The Morgan fingerprint density at radius 1 is 0.844 bits per heavy atom. The van der Waals surface area contributed by atoms with Crippen LogP contribution >= 0.6 is 0 Å². The molecule has 0 radical (unpaired) electrons. The van der Waals surface area contributed by atoms with Crippen LogP contribution in [0, 0.1) is 19.8 Å². The van der Waals surface area contributed by atoms with Crippen molar-refractivity contribution >= 4 is 23.2 Å². The second-order valence-electron chi connectivity index (χ2n) is 8.23. The number of ether oxygens (including phenoxy) is 1. The van der Waals surface area contributed by atoms with E-state index in [4.69, 9.17) is 9.57 Å². The summed E-state index contributed by atoms with van der Waals surface area (Å²) in [7, 11) is 1.55. The lowest BCUT2D eigenvalue weighted by Gasteiger charge is -2.29. The van der Waals surface area contributed by atoms with Gasteiger partial charge in [0.05, 0.1) is 24.5 Å². The number of hydroxylamine groups is 1. The van der Waals surface area contributed by atoms with Crippen LogP contribution in [0.1, 0.15) is 22.7 Å². The molecule has 2 aliphatic rings. The summed E-state index contributed by atoms with van der Waals surface area (Å²) >= 11 is 0. The number of imide groups is 1. The van der Waals surface area contributed by atoms with Crippen molar-refractivity contribution in [1.82, 2.24) is 0 Å². The van der Waals surface area contributed by atoms with Crippen LogP contribution in [0.3, 0.4) is 0 Å². The van der Waals surface area contributed by atoms with Crippen molar-refractivity contribution in [3.63, 3.8) is 0 Å². The van der Waals surface area contributed by atoms with Gasteiger partial charge in [-0.2, -0.15) is 0 Å². The highest BCUT2D eigenvalue weighted by Crippen LogP contribution is 2.48. The van der Waals surface area contributed by atoms with Crippen LogP contribution in [0.25, 0.3) is 0 Å². The average molecular weight is 428 g/mol. The number of amides is 2. The first-order valence-corrected chi connectivity index (χ1v) is 10.6. The van der Waals surface area contributed by atoms with E-state index in [-0.39, 0.29) is 11.8 Å². The lowest BCUT2D eigenvalue weighted by Crippen LogP contribution is -2.37. The van der Waals surface area contributed by atoms with Gasteiger partial charge < -0.3 is 4.74 Å². The summed E-state index contributed by atoms with van der Waals surface area (Å²) in [5.41, 5.74) is 4.46. The number of benzene rings is 3. The van der Waals surface area contributed by atoms with E-state index in [9.17, 15) is 9.59 Å². The molecule has 32 heavy (non-hydrogen) atoms. The third kappa shape index (κ3) is 3.15. The molecule has 2 saturated heterocycles. The Morgan fingerprint density at radius 2 is 1.59 bits per heavy atom. The second kappa shape index (κ2) is 7.80. The number of methoxy groups -OCH3 is 1. The number of nitrogens with zero attached hydrogens (tertiary/aromatic N) is 2. The molecule has 0 bridgehead atoms. The average Bonchev–Trinajstić information content (AvgIpc) is 3.30. The van der Waals surface area contributed by atoms with Crippen molar-refractivity contribution in [1.29, 1.82) is 0 Å². The quantitative estimate of drug-likeness (QED) is 0.578. The Labute approximate surface area is 186 Å². The molecule has 3 aromatic carbocycles. The number of hydrogen-bond donors (Lipinski definition) is 0. The monoisotopic (exact) mass is 428 g/mol. The zero-order valence-corrected chi connectivity index (χ0v) is 18.2. The highest BCUT2D eigenvalue weighted by molar-refractivity contribution is 6.24. The van der Waals surface area contributed by atoms with Crippen LogP contribution in [0.5, 0.6) is 5.75 Å². The molecule has 2 amide bonds. The highest BCUT2D eigenvalue weighted by Gasteiger charge is 2.60. The molecule has 0 N–H and O–H groups in total. The molecule has 0 aliphatic carbocycles. The van der Waals surface area contributed by atoms with Gasteiger partial charge in [-0.15, -0.1) is 0 Å². The van der Waals surface area contributed by atoms with Gasteiger partial charge in [0.25, 0.3) is 5.91 Å². The number of aryl methyl sites for hydroxylation is 2. The summed E-state index contributed by atoms with van der Waals surface area (Å²) in [5, 5.41) is 1.73. The molecule has 5 rings (SSSR count). The zero-order valence-electron chi connectivity index (χ0n) is 18.2. The molecule has 0 saturated carbocycles. The number of rotatable bonds is 4. The van der Waals surface area contributed by atoms with E-state index in [0.717, 1.165) is 22.4 Å². The zero-order chi connectivity index (χ0) is 22.4. The molecule has 162 valence electrons. The maximum Gasteiger partial charge on any atom is 0.266 e. The summed E-state index contributed by atoms with van der Waals surface area (Å²) in [6, 6.07) is 22.3. The number of carbonyl (C=O) groups excluding carboxylic acids is 2. The normalized spacial score (nSPS) is 22.4. The van der Waals surface area contributed by atoms with Gasteiger partial charge in [-0.3, -0.25) is 14.4 Å². The van der Waals surface area contributed by atoms with Gasteiger partial charge in [0.2, 0.25) is 5.91 Å². The van der Waals surface area contributed by atoms with Crippen LogP contribution in [0.4, 0.5) is 11.4 Å². The van der Waals surface area contributed by atoms with E-state index in [1.54, 1.807) is 36.4 Å². The molecule has 0 aromatic heterocycles. The van der Waals surface area contributed by atoms with Crippen LogP contribution in [0.2, 0.25) is 0 Å². The third-order valence-electron chi connectivity index (χ3n) is 6.18. The van der Waals surface area contributed by atoms with Crippen molar-refractivity contribution in [2.24, 2.45) is 5.92 Å². The van der Waals surface area contributed by atoms with Gasteiger partial charge >= 0.3 is 0 Å². The Balaban J connectivity index is 1.60. The van der Waals surface area contributed by atoms with Crippen molar-refractivity contribution in [2.75, 3.05) is 17.1 Å². The Morgan fingerprint density at radius 3 is 2.31 bits per heavy atom. The predicted octanol–water partition coefficient (Wildman–Crippen LogP) is 4.36. The fraction of sp³-hybridized carbons (Fsp3) is 0.231. The number of anilines is 2. The van der Waals surface area contributed by atoms with Crippen molar-refractivity contribution in [3.05, 3.63) is 89.5 Å². The van der Waals surface area contributed by atoms with Gasteiger partial charge in [0, 0.05) is 6.07 Å². The Kier molecular flexibility index (Phi) is 4.94. The standard InChI is InChI=1S/C26H24N2O4/c1-16-12-13-21(17(2)14-16)23-22-24(32-28(23)18-8-5-4-6-9-18)26(30)27(25(22)29)19-10-7-11-20(15-19)31-3/h4-15,22-24H,1-3H3/t22-,23+,24-/m0/s1. The molecule has 0 unspecified atom stereocenters. The molecular formula is C26H24N2O4. The van der Waals surface area contributed by atoms with Crippen molar-refractivity contribution in [3.8, 4) is 5.75 Å². The van der Waals surface area contributed by atoms with E-state index in [2.05, 4.69) is 6.07 Å². The number of hydrogen-bond acceptors (Lipinski definition) is 5. The van der Waals surface area contributed by atoms with E-state index in [1.807, 2.05) is 56.3 Å². The second-order valence-corrected chi connectivity index (χ2v) is 8.23. The first kappa shape index (κ1) is 20.3. The van der Waals surface area contributed by atoms with E-state index >= 15 is 0 Å². The van der Waals surface area contributed by atoms with E-state index in [1.165, 1.54) is 4.90 Å². The van der Waals surface area contributed by atoms with Gasteiger partial charge in [-0.25, -0.2) is 9.96 Å². The fourth-order valence-corrected chi connectivity index (χ4v) is 4.69. The maximum atomic E-state index is 13.7. The lowest BCUT2D eigenvalue weighted by atomic mass is 9.87. The smallest absolute Gasteiger partial charge is 0.266 e. The molecule has 6 nitrogen and oxygen atoms in total. The SMILES string of the molecule is COc1cccc(N2C(=O)[C@@H]3[C@H](ON(c4ccccc4)[C@@H]3c3ccc(C)cc3C)C2=O)c1. The van der Waals surface area contributed by atoms with Gasteiger partial charge in [-0.1, -0.05) is 48.0 Å². The third-order valence-corrected chi connectivity index (χ3v) is 6.18. The number of fused-ring (bicyclic) bond motifs is 1. The minimum absolute atomic E-state index is 0.267. The maximum absolute atomic E-state index is 13.7.